The van der Waals surface area contributed by atoms with E-state index in [1.165, 1.54) is 27.7 Å². The average molecular weight is 607 g/mol. The Morgan fingerprint density at radius 2 is 1.14 bits per heavy atom. The molecule has 3 aromatic rings. The Morgan fingerprint density at radius 3 is 1.53 bits per heavy atom. The zero-order valence-corrected chi connectivity index (χ0v) is 25.3. The maximum Gasteiger partial charge on any atom is 0.303 e. The van der Waals surface area contributed by atoms with Gasteiger partial charge in [0.2, 0.25) is 5.91 Å². The van der Waals surface area contributed by atoms with E-state index in [-0.39, 0.29) is 6.61 Å². The minimum atomic E-state index is -2.88. The number of nitrogens with zero attached hydrogens (tertiary/aromatic N) is 1. The summed E-state index contributed by atoms with van der Waals surface area (Å²) in [7, 11) is -2.88. The van der Waals surface area contributed by atoms with Crippen molar-refractivity contribution in [1.82, 2.24) is 5.32 Å². The van der Waals surface area contributed by atoms with Crippen molar-refractivity contribution in [3.05, 3.63) is 91.0 Å². The first kappa shape index (κ1) is 31.7. The van der Waals surface area contributed by atoms with Crippen LogP contribution < -0.4 is 21.2 Å². The monoisotopic (exact) mass is 606 g/mol. The Morgan fingerprint density at radius 1 is 0.698 bits per heavy atom. The van der Waals surface area contributed by atoms with Crippen LogP contribution in [0.5, 0.6) is 0 Å². The minimum Gasteiger partial charge on any atom is -0.463 e. The smallest absolute Gasteiger partial charge is 0.303 e. The molecule has 0 saturated carbocycles. The van der Waals surface area contributed by atoms with Crippen LogP contribution in [0.1, 0.15) is 27.7 Å². The first-order valence-electron chi connectivity index (χ1n) is 13.8. The van der Waals surface area contributed by atoms with Crippen LogP contribution in [-0.2, 0) is 38.1 Å². The van der Waals surface area contributed by atoms with Crippen LogP contribution in [0.4, 0.5) is 0 Å². The predicted molar refractivity (Wildman–Crippen MR) is 162 cm³/mol. The van der Waals surface area contributed by atoms with Crippen LogP contribution in [0.2, 0.25) is 0 Å². The zero-order valence-electron chi connectivity index (χ0n) is 24.4. The van der Waals surface area contributed by atoms with Gasteiger partial charge in [0.05, 0.1) is 7.05 Å². The number of nitrogens with one attached hydrogen (secondary N) is 1. The molecule has 1 N–H and O–H groups in total. The number of ether oxygens (including phenoxy) is 4. The summed E-state index contributed by atoms with van der Waals surface area (Å²) in [6.07, 6.45) is -4.62. The molecule has 5 atom stereocenters. The summed E-state index contributed by atoms with van der Waals surface area (Å²) in [5.41, 5.74) is 0. The van der Waals surface area contributed by atoms with Gasteiger partial charge in [-0.05, 0) is 0 Å². The van der Waals surface area contributed by atoms with Crippen LogP contribution in [-0.4, -0.2) is 61.0 Å². The molecule has 1 amide bonds. The fourth-order valence-corrected chi connectivity index (χ4v) is 8.80. The van der Waals surface area contributed by atoms with Crippen molar-refractivity contribution in [2.75, 3.05) is 6.61 Å². The largest absolute Gasteiger partial charge is 0.463 e. The maximum absolute atomic E-state index is 12.6. The van der Waals surface area contributed by atoms with Crippen LogP contribution in [0.3, 0.4) is 0 Å². The molecule has 0 bridgehead atoms. The van der Waals surface area contributed by atoms with Gasteiger partial charge >= 0.3 is 17.9 Å². The summed E-state index contributed by atoms with van der Waals surface area (Å²) >= 11 is 0. The van der Waals surface area contributed by atoms with Crippen molar-refractivity contribution in [2.45, 2.75) is 58.3 Å². The minimum absolute atomic E-state index is 0.308. The van der Waals surface area contributed by atoms with E-state index in [1.807, 2.05) is 91.0 Å². The highest BCUT2D eigenvalue weighted by molar-refractivity contribution is 7.87. The van der Waals surface area contributed by atoms with Gasteiger partial charge in [0.25, 0.3) is 0 Å². The molecule has 226 valence electrons. The fourth-order valence-electron chi connectivity index (χ4n) is 5.16. The topological polar surface area (TPSA) is 130 Å². The van der Waals surface area contributed by atoms with Crippen molar-refractivity contribution < 1.29 is 38.1 Å². The van der Waals surface area contributed by atoms with Gasteiger partial charge in [-0.1, -0.05) is 91.0 Å². The molecule has 1 heterocycles. The van der Waals surface area contributed by atoms with Crippen LogP contribution in [0.15, 0.2) is 95.7 Å². The lowest BCUT2D eigenvalue weighted by Gasteiger charge is -2.45. The summed E-state index contributed by atoms with van der Waals surface area (Å²) in [6, 6.07) is 28.2. The number of carbonyl (C=O) groups excluding carboxylic acids is 4. The van der Waals surface area contributed by atoms with E-state index in [2.05, 4.69) is 5.32 Å². The van der Waals surface area contributed by atoms with E-state index < -0.39 is 61.5 Å². The highest BCUT2D eigenvalue weighted by Crippen LogP contribution is 2.48. The van der Waals surface area contributed by atoms with Crippen LogP contribution in [0, 0.1) is 0 Å². The highest BCUT2D eigenvalue weighted by Gasteiger charge is 2.51. The van der Waals surface area contributed by atoms with Gasteiger partial charge in [0, 0.05) is 43.6 Å². The van der Waals surface area contributed by atoms with Crippen molar-refractivity contribution in [2.24, 2.45) is 4.74 Å². The van der Waals surface area contributed by atoms with Gasteiger partial charge in [-0.3, -0.25) is 23.9 Å². The van der Waals surface area contributed by atoms with E-state index in [0.717, 1.165) is 15.9 Å². The molecule has 1 aliphatic heterocycles. The van der Waals surface area contributed by atoms with E-state index in [1.54, 1.807) is 0 Å². The number of esters is 3. The van der Waals surface area contributed by atoms with Gasteiger partial charge < -0.3 is 24.3 Å². The molecule has 11 heteroatoms. The molecule has 1 saturated heterocycles. The number of amides is 1. The molecular formula is C32H35N2O8P. The molecule has 3 aromatic carbocycles. The summed E-state index contributed by atoms with van der Waals surface area (Å²) in [5.74, 6) is -2.35. The molecule has 0 aliphatic carbocycles. The third-order valence-corrected chi connectivity index (χ3v) is 10.5. The fraction of sp³-hybridized carbons (Fsp3) is 0.312. The SMILES string of the molecule is CC(=O)N[C@@H]1[C@H](OC(C)=O)[C@H](OC(C)=O)[C@@H](COC(C)=O)O[C@@H]1N=P(c1ccccc1)(c1ccccc1)c1ccccc1. The molecular weight excluding hydrogens is 571 g/mol. The second-order valence-electron chi connectivity index (χ2n) is 10.00. The lowest BCUT2D eigenvalue weighted by Crippen LogP contribution is -2.65. The van der Waals surface area contributed by atoms with Gasteiger partial charge in [0.15, 0.2) is 18.4 Å². The lowest BCUT2D eigenvalue weighted by atomic mass is 9.95. The predicted octanol–water partition coefficient (Wildman–Crippen LogP) is 2.82. The van der Waals surface area contributed by atoms with Gasteiger partial charge in [-0.2, -0.15) is 0 Å². The molecule has 10 nitrogen and oxygen atoms in total. The number of benzene rings is 3. The first-order valence-corrected chi connectivity index (χ1v) is 15.5. The van der Waals surface area contributed by atoms with E-state index >= 15 is 0 Å². The number of carbonyl (C=O) groups is 4. The molecule has 43 heavy (non-hydrogen) atoms. The van der Waals surface area contributed by atoms with E-state index in [4.69, 9.17) is 23.7 Å². The summed E-state index contributed by atoms with van der Waals surface area (Å²) in [5, 5.41) is 5.59. The summed E-state index contributed by atoms with van der Waals surface area (Å²) < 4.78 is 28.5. The second kappa shape index (κ2) is 14.3. The molecule has 1 fully saturated rings. The number of hydrogen-bond donors (Lipinski definition) is 1. The Kier molecular flexibility index (Phi) is 10.5. The standard InChI is InChI=1S/C32H35N2O8P/c1-21(35)33-29-31(41-24(4)38)30(40-23(3)37)28(20-39-22(2)36)42-32(29)34-43(25-14-8-5-9-15-25,26-16-10-6-11-17-26)27-18-12-7-13-19-27/h5-19,28-32H,20H2,1-4H3,(H,33,35)/t28-,29-,30-,31+,32+/m1/s1. The van der Waals surface area contributed by atoms with Gasteiger partial charge in [-0.15, -0.1) is 0 Å². The van der Waals surface area contributed by atoms with Crippen molar-refractivity contribution in [3.63, 3.8) is 0 Å². The number of hydrogen-bond acceptors (Lipinski definition) is 9. The maximum atomic E-state index is 12.6. The van der Waals surface area contributed by atoms with Gasteiger partial charge in [-0.25, -0.2) is 0 Å². The van der Waals surface area contributed by atoms with E-state index in [0.29, 0.717) is 0 Å². The molecule has 4 rings (SSSR count). The Labute approximate surface area is 250 Å². The zero-order chi connectivity index (χ0) is 31.0. The normalized spacial score (nSPS) is 21.6. The molecule has 0 aromatic heterocycles. The average Bonchev–Trinajstić information content (AvgIpc) is 2.98. The Balaban J connectivity index is 2.04. The highest BCUT2D eigenvalue weighted by atomic mass is 31.2. The van der Waals surface area contributed by atoms with Crippen molar-refractivity contribution in [1.29, 1.82) is 0 Å². The quantitative estimate of drug-likeness (QED) is 0.224. The van der Waals surface area contributed by atoms with Gasteiger partial charge in [0.1, 0.15) is 18.8 Å². The summed E-state index contributed by atoms with van der Waals surface area (Å²) in [4.78, 5) is 48.9. The summed E-state index contributed by atoms with van der Waals surface area (Å²) in [6.45, 7) is 4.67. The van der Waals surface area contributed by atoms with Crippen molar-refractivity contribution in [3.8, 4) is 0 Å². The molecule has 0 spiro atoms. The van der Waals surface area contributed by atoms with Crippen LogP contribution >= 0.6 is 7.05 Å². The Hall–Kier alpha value is -4.27. The van der Waals surface area contributed by atoms with Crippen LogP contribution in [0.25, 0.3) is 0 Å². The molecule has 0 unspecified atom stereocenters. The lowest BCUT2D eigenvalue weighted by molar-refractivity contribution is -0.222. The molecule has 1 aliphatic rings. The first-order chi connectivity index (χ1) is 20.6. The van der Waals surface area contributed by atoms with E-state index in [9.17, 15) is 19.2 Å². The second-order valence-corrected chi connectivity index (χ2v) is 13.1. The third-order valence-electron chi connectivity index (χ3n) is 6.77. The number of rotatable bonds is 9. The van der Waals surface area contributed by atoms with Crippen molar-refractivity contribution >= 4 is 46.8 Å². The molecule has 0 radical (unpaired) electrons. The third kappa shape index (κ3) is 7.58. The Bertz CT molecular complexity index is 1380.